The number of piperidine rings is 1. The molecule has 0 radical (unpaired) electrons. The van der Waals surface area contributed by atoms with Gasteiger partial charge in [0.1, 0.15) is 5.82 Å². The molecule has 1 atom stereocenters. The van der Waals surface area contributed by atoms with Crippen LogP contribution in [0.25, 0.3) is 0 Å². The summed E-state index contributed by atoms with van der Waals surface area (Å²) in [5.74, 6) is 1.12. The smallest absolute Gasteiger partial charge is 0.131 e. The SMILES string of the molecule is CCOC1CCN(c2ncc(CC(N)CC)cc2C)CC1. The van der Waals surface area contributed by atoms with E-state index in [-0.39, 0.29) is 6.04 Å². The molecule has 0 bridgehead atoms. The lowest BCUT2D eigenvalue weighted by atomic mass is 10.0. The summed E-state index contributed by atoms with van der Waals surface area (Å²) in [6.45, 7) is 9.23. The Balaban J connectivity index is 1.98. The van der Waals surface area contributed by atoms with E-state index in [4.69, 9.17) is 10.5 Å². The molecule has 0 spiro atoms. The van der Waals surface area contributed by atoms with Crippen molar-refractivity contribution in [3.8, 4) is 0 Å². The fourth-order valence-corrected chi connectivity index (χ4v) is 2.99. The molecule has 2 N–H and O–H groups in total. The number of hydrogen-bond acceptors (Lipinski definition) is 4. The Bertz CT molecular complexity index is 442. The van der Waals surface area contributed by atoms with E-state index in [1.165, 1.54) is 11.1 Å². The molecule has 0 aromatic carbocycles. The van der Waals surface area contributed by atoms with Crippen LogP contribution in [-0.4, -0.2) is 36.8 Å². The van der Waals surface area contributed by atoms with Crippen molar-refractivity contribution in [2.75, 3.05) is 24.6 Å². The van der Waals surface area contributed by atoms with Crippen LogP contribution in [0.4, 0.5) is 5.82 Å². The fraction of sp³-hybridized carbons (Fsp3) is 0.706. The molecule has 4 nitrogen and oxygen atoms in total. The summed E-state index contributed by atoms with van der Waals surface area (Å²) in [4.78, 5) is 7.07. The standard InChI is InChI=1S/C17H29N3O/c1-4-15(18)11-14-10-13(3)17(19-12-14)20-8-6-16(7-9-20)21-5-2/h10,12,15-16H,4-9,11,18H2,1-3H3. The molecule has 2 rings (SSSR count). The van der Waals surface area contributed by atoms with Gasteiger partial charge in [-0.05, 0) is 50.7 Å². The third kappa shape index (κ3) is 4.42. The Labute approximate surface area is 128 Å². The van der Waals surface area contributed by atoms with Crippen LogP contribution in [0.15, 0.2) is 12.3 Å². The third-order valence-electron chi connectivity index (χ3n) is 4.27. The Morgan fingerprint density at radius 2 is 2.10 bits per heavy atom. The predicted molar refractivity (Wildman–Crippen MR) is 87.8 cm³/mol. The molecule has 1 aliphatic heterocycles. The number of nitrogens with zero attached hydrogens (tertiary/aromatic N) is 2. The zero-order valence-corrected chi connectivity index (χ0v) is 13.6. The van der Waals surface area contributed by atoms with E-state index in [0.717, 1.165) is 51.2 Å². The minimum absolute atomic E-state index is 0.235. The second-order valence-corrected chi connectivity index (χ2v) is 6.00. The lowest BCUT2D eigenvalue weighted by Gasteiger charge is -2.33. The molecule has 21 heavy (non-hydrogen) atoms. The van der Waals surface area contributed by atoms with Gasteiger partial charge in [-0.2, -0.15) is 0 Å². The van der Waals surface area contributed by atoms with E-state index in [1.54, 1.807) is 0 Å². The van der Waals surface area contributed by atoms with E-state index in [1.807, 2.05) is 6.20 Å². The molecule has 1 fully saturated rings. The summed E-state index contributed by atoms with van der Waals surface area (Å²) in [6.07, 6.45) is 6.53. The van der Waals surface area contributed by atoms with Crippen LogP contribution in [0.2, 0.25) is 0 Å². The molecule has 2 heterocycles. The van der Waals surface area contributed by atoms with Gasteiger partial charge < -0.3 is 15.4 Å². The van der Waals surface area contributed by atoms with Crippen molar-refractivity contribution >= 4 is 5.82 Å². The van der Waals surface area contributed by atoms with Crippen molar-refractivity contribution in [1.29, 1.82) is 0 Å². The van der Waals surface area contributed by atoms with Crippen LogP contribution in [0, 0.1) is 6.92 Å². The number of anilines is 1. The highest BCUT2D eigenvalue weighted by molar-refractivity contribution is 5.47. The molecule has 1 saturated heterocycles. The summed E-state index contributed by atoms with van der Waals surface area (Å²) in [5, 5.41) is 0. The molecular formula is C17H29N3O. The van der Waals surface area contributed by atoms with E-state index < -0.39 is 0 Å². The first-order valence-corrected chi connectivity index (χ1v) is 8.21. The van der Waals surface area contributed by atoms with Gasteiger partial charge in [-0.1, -0.05) is 13.0 Å². The summed E-state index contributed by atoms with van der Waals surface area (Å²) < 4.78 is 5.71. The highest BCUT2D eigenvalue weighted by atomic mass is 16.5. The number of ether oxygens (including phenoxy) is 1. The lowest BCUT2D eigenvalue weighted by molar-refractivity contribution is 0.0458. The number of rotatable bonds is 6. The first kappa shape index (κ1) is 16.2. The van der Waals surface area contributed by atoms with Gasteiger partial charge in [-0.25, -0.2) is 4.98 Å². The van der Waals surface area contributed by atoms with Crippen LogP contribution >= 0.6 is 0 Å². The molecule has 0 saturated carbocycles. The molecule has 1 aliphatic rings. The fourth-order valence-electron chi connectivity index (χ4n) is 2.99. The van der Waals surface area contributed by atoms with Crippen LogP contribution in [0.1, 0.15) is 44.2 Å². The maximum Gasteiger partial charge on any atom is 0.131 e. The maximum atomic E-state index is 6.03. The van der Waals surface area contributed by atoms with Crippen LogP contribution < -0.4 is 10.6 Å². The van der Waals surface area contributed by atoms with Crippen molar-refractivity contribution in [1.82, 2.24) is 4.98 Å². The van der Waals surface area contributed by atoms with Crippen molar-refractivity contribution in [3.05, 3.63) is 23.4 Å². The first-order valence-electron chi connectivity index (χ1n) is 8.21. The van der Waals surface area contributed by atoms with Crippen LogP contribution in [0.5, 0.6) is 0 Å². The molecule has 118 valence electrons. The first-order chi connectivity index (χ1) is 10.1. The number of aryl methyl sites for hydroxylation is 1. The second-order valence-electron chi connectivity index (χ2n) is 6.00. The van der Waals surface area contributed by atoms with Gasteiger partial charge in [-0.15, -0.1) is 0 Å². The third-order valence-corrected chi connectivity index (χ3v) is 4.27. The quantitative estimate of drug-likeness (QED) is 0.875. The molecule has 1 aromatic rings. The largest absolute Gasteiger partial charge is 0.378 e. The van der Waals surface area contributed by atoms with Gasteiger partial charge in [-0.3, -0.25) is 0 Å². The highest BCUT2D eigenvalue weighted by Gasteiger charge is 2.21. The minimum atomic E-state index is 0.235. The predicted octanol–water partition coefficient (Wildman–Crippen LogP) is 2.68. The summed E-state index contributed by atoms with van der Waals surface area (Å²) >= 11 is 0. The van der Waals surface area contributed by atoms with Gasteiger partial charge in [0.25, 0.3) is 0 Å². The van der Waals surface area contributed by atoms with Gasteiger partial charge in [0.2, 0.25) is 0 Å². The molecule has 4 heteroatoms. The molecule has 0 amide bonds. The van der Waals surface area contributed by atoms with E-state index >= 15 is 0 Å². The summed E-state index contributed by atoms with van der Waals surface area (Å²) in [5.41, 5.74) is 8.53. The number of hydrogen-bond donors (Lipinski definition) is 1. The molecule has 1 unspecified atom stereocenters. The molecular weight excluding hydrogens is 262 g/mol. The second kappa shape index (κ2) is 7.76. The summed E-state index contributed by atoms with van der Waals surface area (Å²) in [7, 11) is 0. The van der Waals surface area contributed by atoms with Gasteiger partial charge in [0.05, 0.1) is 6.10 Å². The van der Waals surface area contributed by atoms with E-state index in [9.17, 15) is 0 Å². The summed E-state index contributed by atoms with van der Waals surface area (Å²) in [6, 6.07) is 2.48. The average molecular weight is 291 g/mol. The van der Waals surface area contributed by atoms with Crippen molar-refractivity contribution in [2.45, 2.75) is 58.6 Å². The van der Waals surface area contributed by atoms with Crippen molar-refractivity contribution < 1.29 is 4.74 Å². The zero-order chi connectivity index (χ0) is 15.2. The average Bonchev–Trinajstić information content (AvgIpc) is 2.49. The van der Waals surface area contributed by atoms with E-state index in [0.29, 0.717) is 6.10 Å². The Morgan fingerprint density at radius 3 is 2.67 bits per heavy atom. The number of pyridine rings is 1. The van der Waals surface area contributed by atoms with Crippen LogP contribution in [0.3, 0.4) is 0 Å². The van der Waals surface area contributed by atoms with E-state index in [2.05, 4.69) is 36.7 Å². The molecule has 0 aliphatic carbocycles. The monoisotopic (exact) mass is 291 g/mol. The van der Waals surface area contributed by atoms with Crippen molar-refractivity contribution in [3.63, 3.8) is 0 Å². The normalized spacial score (nSPS) is 18.0. The van der Waals surface area contributed by atoms with Crippen LogP contribution in [-0.2, 0) is 11.2 Å². The van der Waals surface area contributed by atoms with Crippen molar-refractivity contribution in [2.24, 2.45) is 5.73 Å². The highest BCUT2D eigenvalue weighted by Crippen LogP contribution is 2.23. The molecule has 1 aromatic heterocycles. The van der Waals surface area contributed by atoms with Gasteiger partial charge in [0, 0.05) is 31.9 Å². The Hall–Kier alpha value is -1.13. The maximum absolute atomic E-state index is 6.03. The number of nitrogens with two attached hydrogens (primary N) is 1. The van der Waals surface area contributed by atoms with Gasteiger partial charge in [0.15, 0.2) is 0 Å². The topological polar surface area (TPSA) is 51.4 Å². The Kier molecular flexibility index (Phi) is 6.00. The number of aromatic nitrogens is 1. The Morgan fingerprint density at radius 1 is 1.38 bits per heavy atom. The van der Waals surface area contributed by atoms with Gasteiger partial charge >= 0.3 is 0 Å². The zero-order valence-electron chi connectivity index (χ0n) is 13.6. The lowest BCUT2D eigenvalue weighted by Crippen LogP contribution is -2.38. The minimum Gasteiger partial charge on any atom is -0.378 e.